The van der Waals surface area contributed by atoms with Crippen LogP contribution in [0.1, 0.15) is 36.5 Å². The molecular formula is C19H24O4. The Hall–Kier alpha value is -2.20. The lowest BCUT2D eigenvalue weighted by Crippen LogP contribution is -2.03. The third-order valence-electron chi connectivity index (χ3n) is 3.60. The molecule has 0 amide bonds. The molecule has 124 valence electrons. The highest BCUT2D eigenvalue weighted by Gasteiger charge is 2.12. The molecule has 2 aromatic carbocycles. The monoisotopic (exact) mass is 316 g/mol. The number of hydrogen-bond acceptors (Lipinski definition) is 4. The summed E-state index contributed by atoms with van der Waals surface area (Å²) in [6.45, 7) is 8.27. The van der Waals surface area contributed by atoms with Crippen molar-refractivity contribution in [3.8, 4) is 23.0 Å². The van der Waals surface area contributed by atoms with Crippen molar-refractivity contribution in [3.05, 3.63) is 47.0 Å². The predicted molar refractivity (Wildman–Crippen MR) is 90.7 cm³/mol. The Kier molecular flexibility index (Phi) is 5.50. The first-order valence-corrected chi connectivity index (χ1v) is 7.66. The van der Waals surface area contributed by atoms with Crippen molar-refractivity contribution >= 4 is 0 Å². The van der Waals surface area contributed by atoms with Gasteiger partial charge in [-0.1, -0.05) is 13.8 Å². The smallest absolute Gasteiger partial charge is 0.188 e. The van der Waals surface area contributed by atoms with Gasteiger partial charge in [-0.3, -0.25) is 0 Å². The molecule has 0 fully saturated rings. The number of aromatic hydroxyl groups is 1. The van der Waals surface area contributed by atoms with Crippen LogP contribution in [0.25, 0.3) is 0 Å². The van der Waals surface area contributed by atoms with Gasteiger partial charge in [-0.05, 0) is 61.2 Å². The topological polar surface area (TPSA) is 47.9 Å². The summed E-state index contributed by atoms with van der Waals surface area (Å²) in [6.07, 6.45) is 0. The van der Waals surface area contributed by atoms with Gasteiger partial charge in [0, 0.05) is 12.7 Å². The SMILES string of the molecule is COCOc1ccc(Oc2c(C)cc(O)cc2C)cc1C(C)C. The fourth-order valence-electron chi connectivity index (χ4n) is 2.50. The van der Waals surface area contributed by atoms with Crippen LogP contribution < -0.4 is 9.47 Å². The highest BCUT2D eigenvalue weighted by Crippen LogP contribution is 2.35. The number of phenols is 1. The van der Waals surface area contributed by atoms with Crippen molar-refractivity contribution in [1.82, 2.24) is 0 Å². The van der Waals surface area contributed by atoms with E-state index in [1.54, 1.807) is 19.2 Å². The van der Waals surface area contributed by atoms with E-state index in [1.807, 2.05) is 32.0 Å². The molecule has 0 aliphatic rings. The lowest BCUT2D eigenvalue weighted by molar-refractivity contribution is 0.0502. The molecule has 2 aromatic rings. The molecule has 0 aliphatic heterocycles. The minimum absolute atomic E-state index is 0.218. The molecule has 2 rings (SSSR count). The first-order valence-electron chi connectivity index (χ1n) is 7.66. The molecule has 23 heavy (non-hydrogen) atoms. The third-order valence-corrected chi connectivity index (χ3v) is 3.60. The van der Waals surface area contributed by atoms with Crippen molar-refractivity contribution < 1.29 is 19.3 Å². The molecule has 0 aliphatic carbocycles. The van der Waals surface area contributed by atoms with Gasteiger partial charge >= 0.3 is 0 Å². The van der Waals surface area contributed by atoms with Crippen LogP contribution >= 0.6 is 0 Å². The first kappa shape index (κ1) is 17.2. The lowest BCUT2D eigenvalue weighted by Gasteiger charge is -2.17. The maximum absolute atomic E-state index is 9.64. The second kappa shape index (κ2) is 7.38. The summed E-state index contributed by atoms with van der Waals surface area (Å²) in [5.41, 5.74) is 2.86. The average Bonchev–Trinajstić information content (AvgIpc) is 2.49. The Bertz CT molecular complexity index is 654. The van der Waals surface area contributed by atoms with E-state index < -0.39 is 0 Å². The van der Waals surface area contributed by atoms with Gasteiger partial charge in [0.05, 0.1) is 0 Å². The number of benzene rings is 2. The Morgan fingerprint density at radius 2 is 1.70 bits per heavy atom. The second-order valence-electron chi connectivity index (χ2n) is 5.92. The zero-order chi connectivity index (χ0) is 17.0. The van der Waals surface area contributed by atoms with E-state index in [0.717, 1.165) is 33.9 Å². The van der Waals surface area contributed by atoms with Crippen molar-refractivity contribution in [2.75, 3.05) is 13.9 Å². The Balaban J connectivity index is 2.32. The summed E-state index contributed by atoms with van der Waals surface area (Å²) in [6, 6.07) is 9.16. The van der Waals surface area contributed by atoms with Crippen molar-refractivity contribution in [3.63, 3.8) is 0 Å². The summed E-state index contributed by atoms with van der Waals surface area (Å²) in [5, 5.41) is 9.64. The molecule has 0 spiro atoms. The third kappa shape index (κ3) is 4.17. The second-order valence-corrected chi connectivity index (χ2v) is 5.92. The highest BCUT2D eigenvalue weighted by atomic mass is 16.7. The number of aryl methyl sites for hydroxylation is 2. The minimum atomic E-state index is 0.218. The fourth-order valence-corrected chi connectivity index (χ4v) is 2.50. The Labute approximate surface area is 137 Å². The Morgan fingerprint density at radius 1 is 1.04 bits per heavy atom. The highest BCUT2D eigenvalue weighted by molar-refractivity contribution is 5.49. The summed E-state index contributed by atoms with van der Waals surface area (Å²) in [5.74, 6) is 2.86. The van der Waals surface area contributed by atoms with Gasteiger partial charge in [0.15, 0.2) is 6.79 Å². The van der Waals surface area contributed by atoms with E-state index >= 15 is 0 Å². The summed E-state index contributed by atoms with van der Waals surface area (Å²) >= 11 is 0. The van der Waals surface area contributed by atoms with Crippen LogP contribution in [0.4, 0.5) is 0 Å². The van der Waals surface area contributed by atoms with Crippen molar-refractivity contribution in [2.45, 2.75) is 33.6 Å². The van der Waals surface area contributed by atoms with Crippen LogP contribution in [0.15, 0.2) is 30.3 Å². The van der Waals surface area contributed by atoms with E-state index in [-0.39, 0.29) is 12.5 Å². The maximum Gasteiger partial charge on any atom is 0.188 e. The van der Waals surface area contributed by atoms with Crippen LogP contribution in [0, 0.1) is 13.8 Å². The van der Waals surface area contributed by atoms with Crippen LogP contribution in [0.3, 0.4) is 0 Å². The van der Waals surface area contributed by atoms with Gasteiger partial charge in [-0.15, -0.1) is 0 Å². The molecule has 0 unspecified atom stereocenters. The number of rotatable bonds is 6. The fraction of sp³-hybridized carbons (Fsp3) is 0.368. The molecule has 0 bridgehead atoms. The molecule has 4 nitrogen and oxygen atoms in total. The first-order chi connectivity index (χ1) is 10.9. The van der Waals surface area contributed by atoms with Gasteiger partial charge in [-0.25, -0.2) is 0 Å². The van der Waals surface area contributed by atoms with Gasteiger partial charge in [-0.2, -0.15) is 0 Å². The van der Waals surface area contributed by atoms with Gasteiger partial charge in [0.2, 0.25) is 0 Å². The van der Waals surface area contributed by atoms with E-state index in [4.69, 9.17) is 14.2 Å². The standard InChI is InChI=1S/C19H24O4/c1-12(2)17-10-16(6-7-18(17)22-11-21-5)23-19-13(3)8-15(20)9-14(19)4/h6-10,12,20H,11H2,1-5H3. The molecule has 0 saturated carbocycles. The van der Waals surface area contributed by atoms with Gasteiger partial charge in [0.25, 0.3) is 0 Å². The van der Waals surface area contributed by atoms with E-state index in [9.17, 15) is 5.11 Å². The number of methoxy groups -OCH3 is 1. The minimum Gasteiger partial charge on any atom is -0.508 e. The zero-order valence-electron chi connectivity index (χ0n) is 14.3. The van der Waals surface area contributed by atoms with Crippen molar-refractivity contribution in [2.24, 2.45) is 0 Å². The van der Waals surface area contributed by atoms with E-state index in [1.165, 1.54) is 0 Å². The number of ether oxygens (including phenoxy) is 3. The van der Waals surface area contributed by atoms with Gasteiger partial charge in [0.1, 0.15) is 23.0 Å². The van der Waals surface area contributed by atoms with Crippen LogP contribution in [-0.4, -0.2) is 19.0 Å². The summed E-state index contributed by atoms with van der Waals surface area (Å²) < 4.78 is 16.6. The molecule has 0 atom stereocenters. The molecule has 0 aromatic heterocycles. The molecular weight excluding hydrogens is 292 g/mol. The molecule has 1 N–H and O–H groups in total. The molecule has 0 radical (unpaired) electrons. The average molecular weight is 316 g/mol. The van der Waals surface area contributed by atoms with Crippen LogP contribution in [-0.2, 0) is 4.74 Å². The van der Waals surface area contributed by atoms with Crippen molar-refractivity contribution in [1.29, 1.82) is 0 Å². The normalized spacial score (nSPS) is 10.9. The lowest BCUT2D eigenvalue weighted by atomic mass is 10.0. The van der Waals surface area contributed by atoms with E-state index in [2.05, 4.69) is 13.8 Å². The molecule has 4 heteroatoms. The maximum atomic E-state index is 9.64. The largest absolute Gasteiger partial charge is 0.508 e. The quantitative estimate of drug-likeness (QED) is 0.769. The molecule has 0 saturated heterocycles. The van der Waals surface area contributed by atoms with Crippen LogP contribution in [0.2, 0.25) is 0 Å². The van der Waals surface area contributed by atoms with Gasteiger partial charge < -0.3 is 19.3 Å². The predicted octanol–water partition coefficient (Wildman–Crippen LogP) is 4.91. The zero-order valence-corrected chi connectivity index (χ0v) is 14.3. The Morgan fingerprint density at radius 3 is 2.26 bits per heavy atom. The number of phenolic OH excluding ortho intramolecular Hbond substituents is 1. The number of hydrogen-bond donors (Lipinski definition) is 1. The summed E-state index contributed by atoms with van der Waals surface area (Å²) in [4.78, 5) is 0. The molecule has 0 heterocycles. The van der Waals surface area contributed by atoms with E-state index in [0.29, 0.717) is 5.92 Å². The summed E-state index contributed by atoms with van der Waals surface area (Å²) in [7, 11) is 1.60. The van der Waals surface area contributed by atoms with Crippen LogP contribution in [0.5, 0.6) is 23.0 Å².